The van der Waals surface area contributed by atoms with Crippen molar-refractivity contribution in [1.29, 1.82) is 0 Å². The second-order valence-corrected chi connectivity index (χ2v) is 7.87. The number of amides is 1. The Morgan fingerprint density at radius 3 is 2.48 bits per heavy atom. The summed E-state index contributed by atoms with van der Waals surface area (Å²) in [6.45, 7) is 9.58. The highest BCUT2D eigenvalue weighted by Crippen LogP contribution is 2.27. The minimum absolute atomic E-state index is 0.195. The van der Waals surface area contributed by atoms with E-state index in [1.54, 1.807) is 10.9 Å². The maximum atomic E-state index is 13.3. The minimum Gasteiger partial charge on any atom is -0.346 e. The maximum absolute atomic E-state index is 13.3. The van der Waals surface area contributed by atoms with Crippen LogP contribution in [0.3, 0.4) is 0 Å². The molecule has 0 aliphatic rings. The molecule has 3 heterocycles. The summed E-state index contributed by atoms with van der Waals surface area (Å²) in [4.78, 5) is 18.2. The number of nitrogens with zero attached hydrogens (tertiary/aromatic N) is 5. The highest BCUT2D eigenvalue weighted by molar-refractivity contribution is 6.31. The fraction of sp³-hybridized carbons (Fsp3) is 0.304. The number of nitrogens with one attached hydrogen (secondary N) is 1. The molecule has 3 aromatic heterocycles. The van der Waals surface area contributed by atoms with Crippen molar-refractivity contribution in [3.8, 4) is 11.3 Å². The number of benzene rings is 1. The molecule has 0 aliphatic heterocycles. The Kier molecular flexibility index (Phi) is 5.78. The van der Waals surface area contributed by atoms with E-state index in [1.807, 2.05) is 62.7 Å². The molecular formula is C23H25ClN6O. The van der Waals surface area contributed by atoms with Crippen molar-refractivity contribution in [3.63, 3.8) is 0 Å². The van der Waals surface area contributed by atoms with Crippen LogP contribution in [0.15, 0.2) is 36.5 Å². The molecule has 4 aromatic rings. The van der Waals surface area contributed by atoms with E-state index in [0.29, 0.717) is 29.3 Å². The summed E-state index contributed by atoms with van der Waals surface area (Å²) in [7, 11) is 0. The molecule has 0 unspecified atom stereocenters. The number of halogens is 1. The molecule has 1 N–H and O–H groups in total. The van der Waals surface area contributed by atoms with Gasteiger partial charge in [0.15, 0.2) is 5.65 Å². The molecule has 1 amide bonds. The molecule has 4 rings (SSSR count). The number of aryl methyl sites for hydroxylation is 4. The monoisotopic (exact) mass is 436 g/mol. The Balaban J connectivity index is 1.77. The predicted octanol–water partition coefficient (Wildman–Crippen LogP) is 4.53. The van der Waals surface area contributed by atoms with Crippen LogP contribution in [0.25, 0.3) is 22.3 Å². The van der Waals surface area contributed by atoms with Crippen molar-refractivity contribution < 1.29 is 4.79 Å². The molecule has 7 nitrogen and oxygen atoms in total. The quantitative estimate of drug-likeness (QED) is 0.481. The number of hydrogen-bond acceptors (Lipinski definition) is 4. The fourth-order valence-electron chi connectivity index (χ4n) is 3.72. The number of aromatic nitrogens is 5. The van der Waals surface area contributed by atoms with Gasteiger partial charge in [-0.3, -0.25) is 9.48 Å². The number of pyridine rings is 1. The highest BCUT2D eigenvalue weighted by atomic mass is 35.5. The molecule has 31 heavy (non-hydrogen) atoms. The van der Waals surface area contributed by atoms with Gasteiger partial charge in [-0.05, 0) is 33.8 Å². The zero-order valence-electron chi connectivity index (χ0n) is 18.1. The largest absolute Gasteiger partial charge is 0.346 e. The lowest BCUT2D eigenvalue weighted by molar-refractivity contribution is 0.0951. The molecule has 0 saturated carbocycles. The second-order valence-electron chi connectivity index (χ2n) is 7.46. The second kappa shape index (κ2) is 8.51. The molecular weight excluding hydrogens is 412 g/mol. The zero-order valence-corrected chi connectivity index (χ0v) is 18.9. The lowest BCUT2D eigenvalue weighted by Gasteiger charge is -2.11. The van der Waals surface area contributed by atoms with E-state index < -0.39 is 0 Å². The molecule has 8 heteroatoms. The van der Waals surface area contributed by atoms with E-state index in [9.17, 15) is 4.79 Å². The van der Waals surface area contributed by atoms with E-state index in [4.69, 9.17) is 16.6 Å². The van der Waals surface area contributed by atoms with E-state index in [-0.39, 0.29) is 12.5 Å². The third-order valence-corrected chi connectivity index (χ3v) is 5.70. The van der Waals surface area contributed by atoms with Gasteiger partial charge in [0.1, 0.15) is 0 Å². The molecule has 0 bridgehead atoms. The first kappa shape index (κ1) is 21.1. The summed E-state index contributed by atoms with van der Waals surface area (Å²) in [6, 6.07) is 9.96. The summed E-state index contributed by atoms with van der Waals surface area (Å²) in [6.07, 6.45) is 1.60. The molecule has 0 radical (unpaired) electrons. The number of carbonyl (C=O) groups excluding carboxylic acids is 1. The fourth-order valence-corrected chi connectivity index (χ4v) is 3.93. The van der Waals surface area contributed by atoms with Gasteiger partial charge in [-0.25, -0.2) is 9.67 Å². The van der Waals surface area contributed by atoms with Crippen LogP contribution in [-0.4, -0.2) is 30.5 Å². The van der Waals surface area contributed by atoms with Gasteiger partial charge >= 0.3 is 0 Å². The smallest absolute Gasteiger partial charge is 0.252 e. The van der Waals surface area contributed by atoms with Gasteiger partial charge in [0, 0.05) is 18.7 Å². The minimum atomic E-state index is -0.195. The van der Waals surface area contributed by atoms with Crippen LogP contribution >= 0.6 is 11.6 Å². The molecule has 160 valence electrons. The van der Waals surface area contributed by atoms with E-state index in [2.05, 4.69) is 15.5 Å². The van der Waals surface area contributed by atoms with Crippen LogP contribution < -0.4 is 5.32 Å². The van der Waals surface area contributed by atoms with Gasteiger partial charge in [0.05, 0.1) is 45.8 Å². The molecule has 0 fully saturated rings. The molecule has 0 spiro atoms. The zero-order chi connectivity index (χ0) is 22.1. The first-order chi connectivity index (χ1) is 14.9. The Morgan fingerprint density at radius 2 is 1.81 bits per heavy atom. The van der Waals surface area contributed by atoms with Crippen LogP contribution in [0.5, 0.6) is 0 Å². The third kappa shape index (κ3) is 3.93. The molecule has 0 atom stereocenters. The SMILES string of the molecule is CCn1ncc(Cl)c1CNC(=O)c1cc(-c2ccc(C)cc2)nc2c1c(C)nn2CC. The van der Waals surface area contributed by atoms with Gasteiger partial charge in [-0.1, -0.05) is 41.4 Å². The van der Waals surface area contributed by atoms with Crippen molar-refractivity contribution in [2.24, 2.45) is 0 Å². The van der Waals surface area contributed by atoms with Crippen LogP contribution in [0, 0.1) is 13.8 Å². The molecule has 0 aliphatic carbocycles. The van der Waals surface area contributed by atoms with Gasteiger partial charge in [0.25, 0.3) is 5.91 Å². The Hall–Kier alpha value is -3.19. The normalized spacial score (nSPS) is 11.3. The number of hydrogen-bond donors (Lipinski definition) is 1. The third-order valence-electron chi connectivity index (χ3n) is 5.38. The van der Waals surface area contributed by atoms with Crippen molar-refractivity contribution in [3.05, 3.63) is 64.1 Å². The van der Waals surface area contributed by atoms with Gasteiger partial charge in [-0.15, -0.1) is 0 Å². The summed E-state index contributed by atoms with van der Waals surface area (Å²) in [5, 5.41) is 13.1. The summed E-state index contributed by atoms with van der Waals surface area (Å²) in [5.74, 6) is -0.195. The Labute approximate surface area is 186 Å². The first-order valence-corrected chi connectivity index (χ1v) is 10.7. The highest BCUT2D eigenvalue weighted by Gasteiger charge is 2.20. The Morgan fingerprint density at radius 1 is 1.10 bits per heavy atom. The predicted molar refractivity (Wildman–Crippen MR) is 122 cm³/mol. The number of rotatable bonds is 6. The van der Waals surface area contributed by atoms with Crippen molar-refractivity contribution in [2.45, 2.75) is 47.3 Å². The van der Waals surface area contributed by atoms with Crippen molar-refractivity contribution in [1.82, 2.24) is 29.9 Å². The van der Waals surface area contributed by atoms with Crippen LogP contribution in [0.1, 0.15) is 41.2 Å². The molecule has 1 aromatic carbocycles. The topological polar surface area (TPSA) is 77.6 Å². The van der Waals surface area contributed by atoms with Crippen LogP contribution in [0.2, 0.25) is 5.02 Å². The maximum Gasteiger partial charge on any atom is 0.252 e. The summed E-state index contributed by atoms with van der Waals surface area (Å²) in [5.41, 5.74) is 5.68. The van der Waals surface area contributed by atoms with Gasteiger partial charge in [-0.2, -0.15) is 10.2 Å². The summed E-state index contributed by atoms with van der Waals surface area (Å²) >= 11 is 6.26. The van der Waals surface area contributed by atoms with Crippen molar-refractivity contribution >= 4 is 28.5 Å². The van der Waals surface area contributed by atoms with Crippen LogP contribution in [0.4, 0.5) is 0 Å². The van der Waals surface area contributed by atoms with E-state index in [0.717, 1.165) is 28.0 Å². The number of carbonyl (C=O) groups is 1. The van der Waals surface area contributed by atoms with Crippen LogP contribution in [-0.2, 0) is 19.6 Å². The first-order valence-electron chi connectivity index (χ1n) is 10.4. The number of fused-ring (bicyclic) bond motifs is 1. The Bertz CT molecular complexity index is 1260. The lowest BCUT2D eigenvalue weighted by Crippen LogP contribution is -2.25. The standard InChI is InChI=1S/C23H25ClN6O/c1-5-29-20(18(24)12-26-29)13-25-23(31)17-11-19(16-9-7-14(3)8-10-16)27-22-21(17)15(4)28-30(22)6-2/h7-12H,5-6,13H2,1-4H3,(H,25,31). The average molecular weight is 437 g/mol. The van der Waals surface area contributed by atoms with E-state index in [1.165, 1.54) is 5.56 Å². The average Bonchev–Trinajstić information content (AvgIpc) is 3.30. The van der Waals surface area contributed by atoms with Gasteiger partial charge < -0.3 is 5.32 Å². The molecule has 0 saturated heterocycles. The summed E-state index contributed by atoms with van der Waals surface area (Å²) < 4.78 is 3.62. The van der Waals surface area contributed by atoms with Crippen molar-refractivity contribution in [2.75, 3.05) is 0 Å². The van der Waals surface area contributed by atoms with Gasteiger partial charge in [0.2, 0.25) is 0 Å². The lowest BCUT2D eigenvalue weighted by atomic mass is 10.0. The van der Waals surface area contributed by atoms with E-state index >= 15 is 0 Å².